The number of anilines is 1. The first-order valence-corrected chi connectivity index (χ1v) is 5.48. The molecule has 0 aliphatic heterocycles. The molecule has 0 saturated carbocycles. The number of halogens is 1. The van der Waals surface area contributed by atoms with Gasteiger partial charge in [0, 0.05) is 13.6 Å². The summed E-state index contributed by atoms with van der Waals surface area (Å²) in [5, 5.41) is 7.62. The quantitative estimate of drug-likeness (QED) is 0.863. The van der Waals surface area contributed by atoms with Crippen LogP contribution in [0.4, 0.5) is 5.82 Å². The molecule has 14 heavy (non-hydrogen) atoms. The molecule has 0 fully saturated rings. The number of rotatable bonds is 4. The van der Waals surface area contributed by atoms with Crippen molar-refractivity contribution in [3.8, 4) is 0 Å². The molecule has 80 valence electrons. The smallest absolute Gasteiger partial charge is 0.138 e. The van der Waals surface area contributed by atoms with Gasteiger partial charge in [-0.1, -0.05) is 6.92 Å². The van der Waals surface area contributed by atoms with E-state index in [0.29, 0.717) is 12.5 Å². The molecule has 0 radical (unpaired) electrons. The number of aromatic nitrogens is 2. The molecule has 1 aromatic rings. The predicted octanol–water partition coefficient (Wildman–Crippen LogP) is 1.50. The molecule has 0 aliphatic rings. The van der Waals surface area contributed by atoms with Gasteiger partial charge < -0.3 is 11.1 Å². The van der Waals surface area contributed by atoms with E-state index in [0.717, 1.165) is 22.5 Å². The number of hydrogen-bond donors (Lipinski definition) is 2. The Morgan fingerprint density at radius 2 is 2.29 bits per heavy atom. The van der Waals surface area contributed by atoms with E-state index in [4.69, 9.17) is 5.73 Å². The van der Waals surface area contributed by atoms with E-state index in [1.54, 1.807) is 0 Å². The number of hydrogen-bond acceptors (Lipinski definition) is 3. The van der Waals surface area contributed by atoms with Gasteiger partial charge in [0.2, 0.25) is 0 Å². The lowest BCUT2D eigenvalue weighted by atomic mass is 10.2. The van der Waals surface area contributed by atoms with Gasteiger partial charge in [0.05, 0.1) is 10.2 Å². The van der Waals surface area contributed by atoms with Crippen LogP contribution in [0.1, 0.15) is 12.6 Å². The third-order valence-corrected chi connectivity index (χ3v) is 3.12. The third-order valence-electron chi connectivity index (χ3n) is 2.17. The Balaban J connectivity index is 2.67. The minimum absolute atomic E-state index is 0.470. The molecule has 4 nitrogen and oxygen atoms in total. The van der Waals surface area contributed by atoms with E-state index < -0.39 is 0 Å². The minimum atomic E-state index is 0.470. The van der Waals surface area contributed by atoms with Crippen LogP contribution in [-0.4, -0.2) is 22.9 Å². The molecule has 0 bridgehead atoms. The Hall–Kier alpha value is -0.550. The monoisotopic (exact) mass is 260 g/mol. The second kappa shape index (κ2) is 4.79. The van der Waals surface area contributed by atoms with Crippen LogP contribution >= 0.6 is 15.9 Å². The van der Waals surface area contributed by atoms with Crippen molar-refractivity contribution in [2.45, 2.75) is 13.8 Å². The second-order valence-corrected chi connectivity index (χ2v) is 4.39. The van der Waals surface area contributed by atoms with Crippen molar-refractivity contribution in [1.82, 2.24) is 9.78 Å². The van der Waals surface area contributed by atoms with Gasteiger partial charge in [-0.15, -0.1) is 0 Å². The van der Waals surface area contributed by atoms with E-state index in [9.17, 15) is 0 Å². The van der Waals surface area contributed by atoms with E-state index in [1.807, 2.05) is 18.7 Å². The first-order valence-electron chi connectivity index (χ1n) is 4.69. The maximum atomic E-state index is 5.54. The van der Waals surface area contributed by atoms with Crippen molar-refractivity contribution in [2.24, 2.45) is 18.7 Å². The third kappa shape index (κ3) is 2.48. The largest absolute Gasteiger partial charge is 0.369 e. The summed E-state index contributed by atoms with van der Waals surface area (Å²) < 4.78 is 2.87. The molecule has 0 aromatic carbocycles. The van der Waals surface area contributed by atoms with Crippen LogP contribution < -0.4 is 11.1 Å². The highest BCUT2D eigenvalue weighted by Crippen LogP contribution is 2.24. The molecule has 1 heterocycles. The van der Waals surface area contributed by atoms with E-state index in [1.165, 1.54) is 0 Å². The van der Waals surface area contributed by atoms with Crippen molar-refractivity contribution in [3.63, 3.8) is 0 Å². The molecular formula is C9H17BrN4. The number of nitrogens with two attached hydrogens (primary N) is 1. The Kier molecular flexibility index (Phi) is 3.95. The molecule has 1 atom stereocenters. The highest BCUT2D eigenvalue weighted by molar-refractivity contribution is 9.10. The van der Waals surface area contributed by atoms with Crippen LogP contribution in [0.25, 0.3) is 0 Å². The number of aryl methyl sites for hydroxylation is 2. The lowest BCUT2D eigenvalue weighted by molar-refractivity contribution is 0.621. The fraction of sp³-hybridized carbons (Fsp3) is 0.667. The van der Waals surface area contributed by atoms with Crippen molar-refractivity contribution < 1.29 is 0 Å². The Labute approximate surface area is 93.0 Å². The molecule has 0 aliphatic carbocycles. The first kappa shape index (κ1) is 11.5. The van der Waals surface area contributed by atoms with Crippen LogP contribution in [0.2, 0.25) is 0 Å². The molecule has 3 N–H and O–H groups in total. The molecule has 1 unspecified atom stereocenters. The molecular weight excluding hydrogens is 244 g/mol. The topological polar surface area (TPSA) is 55.9 Å². The van der Waals surface area contributed by atoms with Gasteiger partial charge in [0.1, 0.15) is 5.82 Å². The standard InChI is InChI=1S/C9H17BrN4/c1-6(4-11)5-12-9-8(10)7(2)13-14(9)3/h6,12H,4-5,11H2,1-3H3. The van der Waals surface area contributed by atoms with Crippen molar-refractivity contribution >= 4 is 21.7 Å². The van der Waals surface area contributed by atoms with Crippen LogP contribution in [0, 0.1) is 12.8 Å². The van der Waals surface area contributed by atoms with Gasteiger partial charge in [0.25, 0.3) is 0 Å². The zero-order valence-corrected chi connectivity index (χ0v) is 10.4. The van der Waals surface area contributed by atoms with Crippen LogP contribution in [0.15, 0.2) is 4.47 Å². The highest BCUT2D eigenvalue weighted by atomic mass is 79.9. The molecule has 0 saturated heterocycles. The summed E-state index contributed by atoms with van der Waals surface area (Å²) in [5.41, 5.74) is 6.54. The number of nitrogens with zero attached hydrogens (tertiary/aromatic N) is 2. The van der Waals surface area contributed by atoms with Crippen LogP contribution in [0.5, 0.6) is 0 Å². The van der Waals surface area contributed by atoms with Gasteiger partial charge in [-0.25, -0.2) is 0 Å². The average molecular weight is 261 g/mol. The Morgan fingerprint density at radius 1 is 1.64 bits per heavy atom. The fourth-order valence-corrected chi connectivity index (χ4v) is 1.65. The minimum Gasteiger partial charge on any atom is -0.369 e. The Morgan fingerprint density at radius 3 is 2.71 bits per heavy atom. The maximum Gasteiger partial charge on any atom is 0.138 e. The van der Waals surface area contributed by atoms with E-state index in [2.05, 4.69) is 33.3 Å². The van der Waals surface area contributed by atoms with Crippen molar-refractivity contribution in [2.75, 3.05) is 18.4 Å². The van der Waals surface area contributed by atoms with Crippen LogP contribution in [-0.2, 0) is 7.05 Å². The first-order chi connectivity index (χ1) is 6.56. The summed E-state index contributed by atoms with van der Waals surface area (Å²) >= 11 is 3.50. The lowest BCUT2D eigenvalue weighted by Gasteiger charge is -2.11. The second-order valence-electron chi connectivity index (χ2n) is 3.59. The molecule has 5 heteroatoms. The van der Waals surface area contributed by atoms with Gasteiger partial charge in [-0.3, -0.25) is 4.68 Å². The summed E-state index contributed by atoms with van der Waals surface area (Å²) in [5.74, 6) is 1.49. The van der Waals surface area contributed by atoms with Crippen molar-refractivity contribution in [3.05, 3.63) is 10.2 Å². The summed E-state index contributed by atoms with van der Waals surface area (Å²) in [6.07, 6.45) is 0. The van der Waals surface area contributed by atoms with Gasteiger partial charge in [-0.2, -0.15) is 5.10 Å². The SMILES string of the molecule is Cc1nn(C)c(NCC(C)CN)c1Br. The summed E-state index contributed by atoms with van der Waals surface area (Å²) in [6, 6.07) is 0. The van der Waals surface area contributed by atoms with E-state index >= 15 is 0 Å². The fourth-order valence-electron chi connectivity index (χ4n) is 1.18. The normalized spacial score (nSPS) is 12.9. The van der Waals surface area contributed by atoms with E-state index in [-0.39, 0.29) is 0 Å². The van der Waals surface area contributed by atoms with Gasteiger partial charge in [-0.05, 0) is 35.3 Å². The molecule has 1 aromatic heterocycles. The van der Waals surface area contributed by atoms with Crippen LogP contribution in [0.3, 0.4) is 0 Å². The van der Waals surface area contributed by atoms with Crippen molar-refractivity contribution in [1.29, 1.82) is 0 Å². The maximum absolute atomic E-state index is 5.54. The zero-order chi connectivity index (χ0) is 10.7. The van der Waals surface area contributed by atoms with Gasteiger partial charge >= 0.3 is 0 Å². The highest BCUT2D eigenvalue weighted by Gasteiger charge is 2.10. The lowest BCUT2D eigenvalue weighted by Crippen LogP contribution is -2.20. The molecule has 0 spiro atoms. The van der Waals surface area contributed by atoms with Gasteiger partial charge in [0.15, 0.2) is 0 Å². The zero-order valence-electron chi connectivity index (χ0n) is 8.84. The molecule has 1 rings (SSSR count). The molecule has 0 amide bonds. The summed E-state index contributed by atoms with van der Waals surface area (Å²) in [4.78, 5) is 0. The predicted molar refractivity (Wildman–Crippen MR) is 62.4 cm³/mol. The average Bonchev–Trinajstić information content (AvgIpc) is 2.39. The summed E-state index contributed by atoms with van der Waals surface area (Å²) in [7, 11) is 1.92. The summed E-state index contributed by atoms with van der Waals surface area (Å²) in [6.45, 7) is 5.65. The number of nitrogens with one attached hydrogen (secondary N) is 1. The Bertz CT molecular complexity index is 308.